The molecule has 2 rings (SSSR count). The Morgan fingerprint density at radius 3 is 3.00 bits per heavy atom. The van der Waals surface area contributed by atoms with Crippen molar-refractivity contribution in [2.24, 2.45) is 0 Å². The highest BCUT2D eigenvalue weighted by molar-refractivity contribution is 7.80. The lowest BCUT2D eigenvalue weighted by atomic mass is 10.2. The number of rotatable bonds is 0. The Morgan fingerprint density at radius 1 is 1.53 bits per heavy atom. The van der Waals surface area contributed by atoms with E-state index in [1.807, 2.05) is 13.1 Å². The van der Waals surface area contributed by atoms with E-state index in [0.717, 1.165) is 22.8 Å². The van der Waals surface area contributed by atoms with Crippen molar-refractivity contribution in [2.45, 2.75) is 19.4 Å². The van der Waals surface area contributed by atoms with E-state index < -0.39 is 0 Å². The molecule has 2 N–H and O–H groups in total. The first-order valence-electron chi connectivity index (χ1n) is 4.93. The van der Waals surface area contributed by atoms with Crippen molar-refractivity contribution in [1.82, 2.24) is 0 Å². The number of benzene rings is 1. The second-order valence-corrected chi connectivity index (χ2v) is 4.41. The number of hydrogen-bond donors (Lipinski definition) is 2. The molecular weight excluding hydrogens is 208 g/mol. The van der Waals surface area contributed by atoms with Crippen LogP contribution in [0.3, 0.4) is 0 Å². The Labute approximate surface area is 94.7 Å². The fraction of sp³-hybridized carbons (Fsp3) is 0.364. The molecule has 1 aliphatic rings. The minimum atomic E-state index is 0.280. The second-order valence-electron chi connectivity index (χ2n) is 3.91. The van der Waals surface area contributed by atoms with Crippen molar-refractivity contribution < 1.29 is 5.11 Å². The maximum absolute atomic E-state index is 9.46. The average Bonchev–Trinajstić information content (AvgIpc) is 2.27. The number of thiocarbonyl (C=S) groups is 1. The summed E-state index contributed by atoms with van der Waals surface area (Å²) in [6, 6.07) is 5.62. The summed E-state index contributed by atoms with van der Waals surface area (Å²) in [5.74, 6) is 0.280. The van der Waals surface area contributed by atoms with Gasteiger partial charge in [-0.3, -0.25) is 0 Å². The molecular formula is C11H14N2OS. The van der Waals surface area contributed by atoms with Crippen molar-refractivity contribution in [3.05, 3.63) is 18.2 Å². The van der Waals surface area contributed by atoms with Crippen LogP contribution >= 0.6 is 12.2 Å². The molecule has 0 fully saturated rings. The van der Waals surface area contributed by atoms with E-state index in [4.69, 9.17) is 12.2 Å². The van der Waals surface area contributed by atoms with Crippen molar-refractivity contribution in [3.63, 3.8) is 0 Å². The first-order valence-corrected chi connectivity index (χ1v) is 5.34. The van der Waals surface area contributed by atoms with Crippen molar-refractivity contribution in [1.29, 1.82) is 0 Å². The van der Waals surface area contributed by atoms with E-state index in [0.29, 0.717) is 6.04 Å². The van der Waals surface area contributed by atoms with Crippen LogP contribution in [0, 0.1) is 0 Å². The monoisotopic (exact) mass is 222 g/mol. The Kier molecular flexibility index (Phi) is 2.52. The number of phenols is 1. The molecule has 0 aromatic heterocycles. The molecule has 0 radical (unpaired) electrons. The Balaban J connectivity index is 2.50. The minimum absolute atomic E-state index is 0.280. The molecule has 0 saturated heterocycles. The Morgan fingerprint density at radius 2 is 2.27 bits per heavy atom. The summed E-state index contributed by atoms with van der Waals surface area (Å²) in [5.41, 5.74) is 1.95. The van der Waals surface area contributed by atoms with Gasteiger partial charge in [0.1, 0.15) is 5.75 Å². The highest BCUT2D eigenvalue weighted by Gasteiger charge is 2.20. The third-order valence-corrected chi connectivity index (χ3v) is 3.05. The summed E-state index contributed by atoms with van der Waals surface area (Å²) in [6.45, 7) is 2.12. The molecule has 0 spiro atoms. The molecule has 0 aliphatic carbocycles. The van der Waals surface area contributed by atoms with Crippen LogP contribution in [-0.4, -0.2) is 23.2 Å². The maximum atomic E-state index is 9.46. The van der Waals surface area contributed by atoms with Crippen LogP contribution in [0.5, 0.6) is 5.75 Å². The van der Waals surface area contributed by atoms with Gasteiger partial charge in [-0.1, -0.05) is 12.2 Å². The van der Waals surface area contributed by atoms with Gasteiger partial charge in [-0.25, -0.2) is 0 Å². The molecule has 1 aromatic rings. The van der Waals surface area contributed by atoms with Gasteiger partial charge < -0.3 is 15.3 Å². The van der Waals surface area contributed by atoms with E-state index in [9.17, 15) is 5.11 Å². The Bertz CT molecular complexity index is 406. The molecule has 1 aromatic carbocycles. The highest BCUT2D eigenvalue weighted by Crippen LogP contribution is 2.33. The lowest BCUT2D eigenvalue weighted by Crippen LogP contribution is -2.28. The summed E-state index contributed by atoms with van der Waals surface area (Å²) < 4.78 is 0. The molecule has 0 amide bonds. The van der Waals surface area contributed by atoms with Gasteiger partial charge in [0.2, 0.25) is 0 Å². The van der Waals surface area contributed by atoms with Crippen LogP contribution in [0.1, 0.15) is 13.3 Å². The second kappa shape index (κ2) is 3.70. The molecule has 0 bridgehead atoms. The number of nitrogens with one attached hydrogen (secondary N) is 1. The number of anilines is 2. The number of nitrogens with zero attached hydrogens (tertiary/aromatic N) is 1. The van der Waals surface area contributed by atoms with Gasteiger partial charge in [-0.2, -0.15) is 0 Å². The topological polar surface area (TPSA) is 35.5 Å². The van der Waals surface area contributed by atoms with E-state index >= 15 is 0 Å². The van der Waals surface area contributed by atoms with Crippen molar-refractivity contribution in [2.75, 3.05) is 17.3 Å². The predicted octanol–water partition coefficient (Wildman–Crippen LogP) is 2.36. The smallest absolute Gasteiger partial charge is 0.117 e. The zero-order valence-electron chi connectivity index (χ0n) is 8.82. The van der Waals surface area contributed by atoms with E-state index in [-0.39, 0.29) is 5.75 Å². The molecule has 4 heteroatoms. The zero-order valence-corrected chi connectivity index (χ0v) is 9.64. The van der Waals surface area contributed by atoms with Gasteiger partial charge in [0.05, 0.1) is 16.4 Å². The fourth-order valence-corrected chi connectivity index (χ4v) is 2.11. The minimum Gasteiger partial charge on any atom is -0.508 e. The van der Waals surface area contributed by atoms with Gasteiger partial charge >= 0.3 is 0 Å². The summed E-state index contributed by atoms with van der Waals surface area (Å²) >= 11 is 5.23. The van der Waals surface area contributed by atoms with Crippen LogP contribution in [0.15, 0.2) is 18.2 Å². The average molecular weight is 222 g/mol. The molecule has 0 saturated carbocycles. The number of hydrogen-bond acceptors (Lipinski definition) is 3. The van der Waals surface area contributed by atoms with Crippen LogP contribution in [-0.2, 0) is 0 Å². The molecule has 3 nitrogen and oxygen atoms in total. The SMILES string of the molecule is CC1CC(=S)Nc2ccc(O)cc2N1C. The summed E-state index contributed by atoms with van der Waals surface area (Å²) in [6.07, 6.45) is 0.835. The number of phenolic OH excluding ortho intramolecular Hbond substituents is 1. The third-order valence-electron chi connectivity index (χ3n) is 2.78. The first-order chi connectivity index (χ1) is 7.08. The lowest BCUT2D eigenvalue weighted by molar-refractivity contribution is 0.475. The van der Waals surface area contributed by atoms with E-state index in [2.05, 4.69) is 17.1 Å². The molecule has 80 valence electrons. The van der Waals surface area contributed by atoms with Gasteiger partial charge in [-0.05, 0) is 19.1 Å². The van der Waals surface area contributed by atoms with Crippen LogP contribution < -0.4 is 10.2 Å². The maximum Gasteiger partial charge on any atom is 0.117 e. The fourth-order valence-electron chi connectivity index (χ4n) is 1.76. The van der Waals surface area contributed by atoms with Crippen LogP contribution in [0.25, 0.3) is 0 Å². The largest absolute Gasteiger partial charge is 0.508 e. The van der Waals surface area contributed by atoms with Crippen molar-refractivity contribution >= 4 is 28.6 Å². The molecule has 1 aliphatic heterocycles. The van der Waals surface area contributed by atoms with Crippen LogP contribution in [0.4, 0.5) is 11.4 Å². The Hall–Kier alpha value is -1.29. The first kappa shape index (κ1) is 10.2. The lowest BCUT2D eigenvalue weighted by Gasteiger charge is -2.25. The number of aromatic hydroxyl groups is 1. The highest BCUT2D eigenvalue weighted by atomic mass is 32.1. The zero-order chi connectivity index (χ0) is 11.0. The summed E-state index contributed by atoms with van der Waals surface area (Å²) in [4.78, 5) is 2.97. The normalized spacial score (nSPS) is 20.5. The van der Waals surface area contributed by atoms with Gasteiger partial charge in [0, 0.05) is 25.6 Å². The van der Waals surface area contributed by atoms with Crippen LogP contribution in [0.2, 0.25) is 0 Å². The van der Waals surface area contributed by atoms with Crippen molar-refractivity contribution in [3.8, 4) is 5.75 Å². The molecule has 1 unspecified atom stereocenters. The molecule has 1 heterocycles. The quantitative estimate of drug-likeness (QED) is 0.522. The number of fused-ring (bicyclic) bond motifs is 1. The van der Waals surface area contributed by atoms with Gasteiger partial charge in [0.25, 0.3) is 0 Å². The van der Waals surface area contributed by atoms with E-state index in [1.165, 1.54) is 0 Å². The summed E-state index contributed by atoms with van der Waals surface area (Å²) in [5, 5.41) is 12.7. The van der Waals surface area contributed by atoms with E-state index in [1.54, 1.807) is 12.1 Å². The molecule has 15 heavy (non-hydrogen) atoms. The third kappa shape index (κ3) is 1.90. The standard InChI is InChI=1S/C11H14N2OS/c1-7-5-11(15)12-9-4-3-8(14)6-10(9)13(7)2/h3-4,6-7,14H,5H2,1-2H3,(H,12,15). The predicted molar refractivity (Wildman–Crippen MR) is 66.8 cm³/mol. The molecule has 1 atom stereocenters. The summed E-state index contributed by atoms with van der Waals surface area (Å²) in [7, 11) is 2.01. The van der Waals surface area contributed by atoms with Gasteiger partial charge in [0.15, 0.2) is 0 Å². The van der Waals surface area contributed by atoms with Gasteiger partial charge in [-0.15, -0.1) is 0 Å².